The number of hydrogen-bond acceptors (Lipinski definition) is 22. The highest BCUT2D eigenvalue weighted by molar-refractivity contribution is 5.96. The molecule has 3 aromatic rings. The predicted molar refractivity (Wildman–Crippen MR) is 344 cm³/mol. The minimum atomic E-state index is -2.18. The van der Waals surface area contributed by atoms with Gasteiger partial charge < -0.3 is 90.0 Å². The number of amides is 3. The van der Waals surface area contributed by atoms with Gasteiger partial charge in [0.15, 0.2) is 30.6 Å². The number of ether oxygens (including phenoxy) is 7. The van der Waals surface area contributed by atoms with E-state index < -0.39 is 148 Å². The van der Waals surface area contributed by atoms with Crippen molar-refractivity contribution < 1.29 is 108 Å². The number of allylic oxidation sites excluding steroid dienone is 2. The maximum atomic E-state index is 15.7. The largest absolute Gasteiger partial charge is 0.508 e. The fraction of sp³-hybridized carbons (Fsp3) is 0.625. The third-order valence-electron chi connectivity index (χ3n) is 23.8. The topological polar surface area (TPSA) is 382 Å². The Morgan fingerprint density at radius 1 is 0.536 bits per heavy atom. The lowest BCUT2D eigenvalue weighted by Crippen LogP contribution is -2.69. The van der Waals surface area contributed by atoms with E-state index in [2.05, 4.69) is 43.6 Å². The Kier molecular flexibility index (Phi) is 20.9. The molecule has 6 fully saturated rings. The molecule has 0 spiro atoms. The molecule has 2 saturated heterocycles. The standard InChI is InChI=1S/C72H95N3O22/c1-67(2)48-23-26-72(7)58(47(79)34-42-43-35-69(4,28-27-68(43,3)29-30-71(42,72)6)66(90)75-46(63(89)93-10)33-38-15-21-41(78)22-16-38)70(48,5)25-24-49(67)94-65-57(53(83)52(82)56(96-65)60(86)74-45(62(88)92-9)32-37-13-19-40(77)20-14-37)97-64-54(84)50(80)51(81)55(95-64)59(85)73-44(61(87)91-8)31-36-11-17-39(76)18-12-36/h11-22,34,43-46,48-58,64-65,76-78,80-84H,23-33,35H2,1-10H3,(H,73,85)(H,74,86)(H,75,90)/t43-,44-,45-,46-,48-,49-,50-,51-,52-,53-,54+,55-,56-,57+,58+,64-,65-,68+,69-,70-,71+,72+/m0/s1. The lowest BCUT2D eigenvalue weighted by atomic mass is 9.33. The van der Waals surface area contributed by atoms with Crippen molar-refractivity contribution in [3.8, 4) is 17.2 Å². The van der Waals surface area contributed by atoms with E-state index in [-0.39, 0.29) is 71.9 Å². The summed E-state index contributed by atoms with van der Waals surface area (Å²) in [5.74, 6) is -5.86. The first-order valence-corrected chi connectivity index (χ1v) is 33.4. The monoisotopic (exact) mass is 1350 g/mol. The quantitative estimate of drug-likeness (QED) is 0.0462. The average molecular weight is 1350 g/mol. The van der Waals surface area contributed by atoms with Crippen molar-refractivity contribution in [2.24, 2.45) is 50.2 Å². The number of esters is 3. The van der Waals surface area contributed by atoms with Crippen LogP contribution in [0.2, 0.25) is 0 Å². The molecule has 2 aliphatic heterocycles. The highest BCUT2D eigenvalue weighted by Crippen LogP contribution is 2.75. The summed E-state index contributed by atoms with van der Waals surface area (Å²) < 4.78 is 40.7. The summed E-state index contributed by atoms with van der Waals surface area (Å²) in [5.41, 5.74) is -0.972. The summed E-state index contributed by atoms with van der Waals surface area (Å²) in [4.78, 5) is 98.5. The van der Waals surface area contributed by atoms with Crippen LogP contribution >= 0.6 is 0 Å². The van der Waals surface area contributed by atoms with Crippen LogP contribution in [0, 0.1) is 50.2 Å². The molecule has 10 rings (SSSR count). The first kappa shape index (κ1) is 72.7. The molecule has 0 radical (unpaired) electrons. The minimum Gasteiger partial charge on any atom is -0.508 e. The molecule has 3 amide bonds. The highest BCUT2D eigenvalue weighted by atomic mass is 16.8. The molecule has 25 heteroatoms. The van der Waals surface area contributed by atoms with Crippen molar-refractivity contribution in [2.45, 2.75) is 211 Å². The van der Waals surface area contributed by atoms with E-state index in [1.54, 1.807) is 12.1 Å². The number of hydrogen-bond donors (Lipinski definition) is 11. The lowest BCUT2D eigenvalue weighted by Gasteiger charge is -2.70. The first-order valence-electron chi connectivity index (χ1n) is 33.4. The molecule has 530 valence electrons. The van der Waals surface area contributed by atoms with Crippen molar-refractivity contribution >= 4 is 41.4 Å². The van der Waals surface area contributed by atoms with E-state index in [1.807, 2.05) is 26.8 Å². The zero-order valence-corrected chi connectivity index (χ0v) is 56.6. The van der Waals surface area contributed by atoms with Crippen molar-refractivity contribution in [2.75, 3.05) is 21.3 Å². The number of fused-ring (bicyclic) bond motifs is 7. The number of rotatable bonds is 19. The van der Waals surface area contributed by atoms with Crippen molar-refractivity contribution in [3.63, 3.8) is 0 Å². The number of aliphatic hydroxyl groups excluding tert-OH is 5. The Morgan fingerprint density at radius 3 is 1.47 bits per heavy atom. The number of carbonyl (C=O) groups is 7. The second-order valence-corrected chi connectivity index (χ2v) is 30.0. The summed E-state index contributed by atoms with van der Waals surface area (Å²) >= 11 is 0. The molecular formula is C72H95N3O22. The van der Waals surface area contributed by atoms with E-state index in [9.17, 15) is 69.6 Å². The van der Waals surface area contributed by atoms with E-state index >= 15 is 4.79 Å². The number of nitrogens with one attached hydrogen (secondary N) is 3. The van der Waals surface area contributed by atoms with E-state index in [0.29, 0.717) is 49.7 Å². The van der Waals surface area contributed by atoms with Crippen molar-refractivity contribution in [3.05, 3.63) is 101 Å². The highest BCUT2D eigenvalue weighted by Gasteiger charge is 2.71. The molecule has 5 aliphatic carbocycles. The smallest absolute Gasteiger partial charge is 0.328 e. The van der Waals surface area contributed by atoms with E-state index in [0.717, 1.165) is 38.2 Å². The maximum Gasteiger partial charge on any atom is 0.328 e. The molecule has 3 aromatic carbocycles. The average Bonchev–Trinajstić information content (AvgIpc) is 0.673. The summed E-state index contributed by atoms with van der Waals surface area (Å²) in [6.45, 7) is 14.9. The molecule has 7 aliphatic rings. The number of aliphatic hydroxyl groups is 5. The molecule has 0 bridgehead atoms. The maximum absolute atomic E-state index is 15.7. The van der Waals surface area contributed by atoms with Crippen LogP contribution in [-0.2, 0) is 86.0 Å². The molecule has 97 heavy (non-hydrogen) atoms. The number of phenols is 3. The number of phenolic OH excluding ortho intramolecular Hbond substituents is 3. The van der Waals surface area contributed by atoms with E-state index in [1.165, 1.54) is 67.8 Å². The fourth-order valence-corrected chi connectivity index (χ4v) is 17.9. The molecule has 11 N–H and O–H groups in total. The van der Waals surface area contributed by atoms with Gasteiger partial charge in [-0.05, 0) is 156 Å². The Bertz CT molecular complexity index is 3460. The first-order chi connectivity index (χ1) is 45.6. The SMILES string of the molecule is COC(=O)[C@H](Cc1ccc(O)cc1)NC(=O)[C@H]1O[C@@H](O[C@H]2[C@@H](O[C@H]3CC[C@]4(C)[C@H]5C(=O)C=C6[C@@H]7C[C@@](C)(C(=O)N[C@@H](Cc8ccc(O)cc8)C(=O)OC)CC[C@]7(C)CC[C@@]6(C)[C@]5(C)CC[C@H]4C3(C)C)O[C@H](C(=O)N[C@@H](Cc3ccc(O)cc3)C(=O)OC)[C@@H](O)[C@@H]2O)[C@H](O)[C@@H](O)[C@@H]1O. The summed E-state index contributed by atoms with van der Waals surface area (Å²) in [5, 5.41) is 96.2. The third-order valence-corrected chi connectivity index (χ3v) is 23.8. The summed E-state index contributed by atoms with van der Waals surface area (Å²) in [6, 6.07) is 14.2. The number of methoxy groups -OCH3 is 3. The van der Waals surface area contributed by atoms with Crippen molar-refractivity contribution in [1.82, 2.24) is 16.0 Å². The number of benzene rings is 3. The molecule has 0 aromatic heterocycles. The Labute approximate surface area is 563 Å². The Hall–Kier alpha value is -7.07. The molecule has 0 unspecified atom stereocenters. The van der Waals surface area contributed by atoms with Gasteiger partial charge in [0.25, 0.3) is 11.8 Å². The van der Waals surface area contributed by atoms with Gasteiger partial charge in [-0.1, -0.05) is 90.4 Å². The zero-order chi connectivity index (χ0) is 70.6. The van der Waals surface area contributed by atoms with Crippen LogP contribution in [-0.4, -0.2) is 189 Å². The van der Waals surface area contributed by atoms with Crippen LogP contribution in [0.5, 0.6) is 17.2 Å². The van der Waals surface area contributed by atoms with Crippen molar-refractivity contribution in [1.29, 1.82) is 0 Å². The molecule has 22 atom stereocenters. The van der Waals surface area contributed by atoms with Crippen LogP contribution in [0.3, 0.4) is 0 Å². The van der Waals surface area contributed by atoms with Gasteiger partial charge in [0.2, 0.25) is 5.91 Å². The second kappa shape index (κ2) is 27.9. The van der Waals surface area contributed by atoms with Crippen LogP contribution in [0.4, 0.5) is 0 Å². The fourth-order valence-electron chi connectivity index (χ4n) is 17.9. The van der Waals surface area contributed by atoms with Gasteiger partial charge in [-0.2, -0.15) is 0 Å². The van der Waals surface area contributed by atoms with Gasteiger partial charge in [-0.15, -0.1) is 0 Å². The van der Waals surface area contributed by atoms with Gasteiger partial charge in [-0.3, -0.25) is 19.2 Å². The molecule has 2 heterocycles. The predicted octanol–water partition coefficient (Wildman–Crippen LogP) is 3.81. The summed E-state index contributed by atoms with van der Waals surface area (Å²) in [7, 11) is 3.47. The lowest BCUT2D eigenvalue weighted by molar-refractivity contribution is -0.369. The number of aromatic hydroxyl groups is 3. The number of ketones is 1. The van der Waals surface area contributed by atoms with Gasteiger partial charge in [0, 0.05) is 30.6 Å². The second-order valence-electron chi connectivity index (χ2n) is 30.0. The molecule has 4 saturated carbocycles. The van der Waals surface area contributed by atoms with Gasteiger partial charge in [-0.25, -0.2) is 14.4 Å². The van der Waals surface area contributed by atoms with Crippen LogP contribution < -0.4 is 16.0 Å². The van der Waals surface area contributed by atoms with Gasteiger partial charge in [0.1, 0.15) is 72.0 Å². The zero-order valence-electron chi connectivity index (χ0n) is 56.6. The van der Waals surface area contributed by atoms with E-state index in [4.69, 9.17) is 33.2 Å². The minimum absolute atomic E-state index is 0.00724. The Morgan fingerprint density at radius 2 is 0.990 bits per heavy atom. The molecular weight excluding hydrogens is 1260 g/mol. The van der Waals surface area contributed by atoms with Gasteiger partial charge >= 0.3 is 17.9 Å². The van der Waals surface area contributed by atoms with Crippen LogP contribution in [0.25, 0.3) is 0 Å². The van der Waals surface area contributed by atoms with Crippen LogP contribution in [0.15, 0.2) is 84.4 Å². The summed E-state index contributed by atoms with van der Waals surface area (Å²) in [6.07, 6.45) is -14.6. The van der Waals surface area contributed by atoms with Gasteiger partial charge in [0.05, 0.1) is 27.4 Å². The molecule has 25 nitrogen and oxygen atoms in total. The normalized spacial score (nSPS) is 36.8. The third kappa shape index (κ3) is 13.8. The number of carbonyl (C=O) groups excluding carboxylic acids is 7. The Balaban J connectivity index is 0.920. The van der Waals surface area contributed by atoms with Crippen LogP contribution in [0.1, 0.15) is 123 Å².